The second kappa shape index (κ2) is 33.4. The Hall–Kier alpha value is -3.38. The molecule has 0 aliphatic heterocycles. The number of unbranched alkanes of at least 4 members (excludes halogenated alkanes) is 18. The van der Waals surface area contributed by atoms with E-state index in [9.17, 15) is 24.4 Å². The van der Waals surface area contributed by atoms with E-state index in [0.29, 0.717) is 30.5 Å². The normalized spacial score (nSPS) is 12.2. The highest BCUT2D eigenvalue weighted by Crippen LogP contribution is 2.41. The maximum Gasteiger partial charge on any atom is 0.407 e. The van der Waals surface area contributed by atoms with Crippen LogP contribution in [-0.2, 0) is 31.8 Å². The monoisotopic (exact) mass is 851 g/mol. The maximum absolute atomic E-state index is 12.3. The molecule has 0 aliphatic carbocycles. The lowest BCUT2D eigenvalue weighted by Gasteiger charge is -2.14. The zero-order valence-corrected chi connectivity index (χ0v) is 37.3. The number of carbonyl (C=O) groups is 1. The van der Waals surface area contributed by atoms with Crippen LogP contribution in [0.1, 0.15) is 160 Å². The van der Waals surface area contributed by atoms with Gasteiger partial charge in [-0.2, -0.15) is 0 Å². The minimum absolute atomic E-state index is 0.0199. The van der Waals surface area contributed by atoms with Gasteiger partial charge >= 0.3 is 13.7 Å². The van der Waals surface area contributed by atoms with Crippen LogP contribution >= 0.6 is 7.60 Å². The third-order valence-electron chi connectivity index (χ3n) is 9.85. The molecule has 1 amide bonds. The molecule has 0 saturated heterocycles. The molecule has 1 unspecified atom stereocenters. The van der Waals surface area contributed by atoms with Crippen molar-refractivity contribution in [3.05, 3.63) is 57.6 Å². The molecule has 0 aliphatic rings. The number of benzene rings is 2. The standard InChI is InChI=1S/C45H75N2O11P/c1-4-7-9-11-13-15-17-19-21-23-28-54-42-33-39(34-43(36-42)55-29-24-22-20-18-16-14-12-10-8-5-2)37-56-41-25-26-44(47(49)50)40(35-41)38-57-45(48)46-27-30-53-31-32-59(51,52)58-6-3/h25-26,33-36H,4-24,27-32,37-38H2,1-3H3,(H,46,48)(H,51,52). The minimum atomic E-state index is -3.69. The Morgan fingerprint density at radius 3 is 1.69 bits per heavy atom. The summed E-state index contributed by atoms with van der Waals surface area (Å²) in [5, 5.41) is 14.3. The molecule has 2 aromatic rings. The van der Waals surface area contributed by atoms with E-state index in [4.69, 9.17) is 28.2 Å². The third kappa shape index (κ3) is 26.4. The Morgan fingerprint density at radius 2 is 1.19 bits per heavy atom. The van der Waals surface area contributed by atoms with Crippen LogP contribution in [0.5, 0.6) is 17.2 Å². The maximum atomic E-state index is 12.3. The zero-order chi connectivity index (χ0) is 42.8. The topological polar surface area (TPSA) is 165 Å². The van der Waals surface area contributed by atoms with Crippen molar-refractivity contribution in [2.24, 2.45) is 0 Å². The van der Waals surface area contributed by atoms with Crippen molar-refractivity contribution in [1.82, 2.24) is 5.32 Å². The molecule has 2 aromatic carbocycles. The summed E-state index contributed by atoms with van der Waals surface area (Å²) in [6.45, 7) is 7.40. The number of nitrogens with one attached hydrogen (secondary N) is 1. The first kappa shape index (κ1) is 51.8. The summed E-state index contributed by atoms with van der Waals surface area (Å²) in [6.07, 6.45) is 24.1. The van der Waals surface area contributed by atoms with Gasteiger partial charge < -0.3 is 38.4 Å². The number of ether oxygens (including phenoxy) is 5. The fourth-order valence-corrected chi connectivity index (χ4v) is 7.41. The second-order valence-corrected chi connectivity index (χ2v) is 17.1. The number of amides is 1. The van der Waals surface area contributed by atoms with E-state index in [-0.39, 0.29) is 57.0 Å². The van der Waals surface area contributed by atoms with Crippen LogP contribution in [0, 0.1) is 10.1 Å². The van der Waals surface area contributed by atoms with E-state index < -0.39 is 18.6 Å². The summed E-state index contributed by atoms with van der Waals surface area (Å²) in [4.78, 5) is 33.1. The second-order valence-electron chi connectivity index (χ2n) is 15.1. The van der Waals surface area contributed by atoms with Gasteiger partial charge in [-0.05, 0) is 49.6 Å². The van der Waals surface area contributed by atoms with Gasteiger partial charge in [0.2, 0.25) is 0 Å². The third-order valence-corrected chi connectivity index (χ3v) is 11.3. The number of nitro groups is 1. The molecule has 0 spiro atoms. The first-order chi connectivity index (χ1) is 28.7. The molecular weight excluding hydrogens is 775 g/mol. The molecular formula is C45H75N2O11P. The van der Waals surface area contributed by atoms with Gasteiger partial charge in [-0.15, -0.1) is 0 Å². The Morgan fingerprint density at radius 1 is 0.661 bits per heavy atom. The number of nitro benzene ring substituents is 1. The van der Waals surface area contributed by atoms with Gasteiger partial charge in [-0.1, -0.05) is 129 Å². The van der Waals surface area contributed by atoms with Crippen LogP contribution in [0.2, 0.25) is 0 Å². The predicted molar refractivity (Wildman–Crippen MR) is 234 cm³/mol. The molecule has 14 heteroatoms. The van der Waals surface area contributed by atoms with Crippen molar-refractivity contribution in [1.29, 1.82) is 0 Å². The molecule has 0 heterocycles. The van der Waals surface area contributed by atoms with Crippen LogP contribution < -0.4 is 19.5 Å². The molecule has 0 bridgehead atoms. The summed E-state index contributed by atoms with van der Waals surface area (Å²) in [5.74, 6) is 1.81. The number of alkyl carbamates (subject to hydrolysis) is 1. The summed E-state index contributed by atoms with van der Waals surface area (Å²) < 4.78 is 45.5. The summed E-state index contributed by atoms with van der Waals surface area (Å²) >= 11 is 0. The molecule has 59 heavy (non-hydrogen) atoms. The lowest BCUT2D eigenvalue weighted by molar-refractivity contribution is -0.385. The number of hydrogen-bond acceptors (Lipinski definition) is 10. The quantitative estimate of drug-likeness (QED) is 0.0286. The predicted octanol–water partition coefficient (Wildman–Crippen LogP) is 12.2. The zero-order valence-electron chi connectivity index (χ0n) is 36.4. The van der Waals surface area contributed by atoms with Crippen molar-refractivity contribution >= 4 is 19.4 Å². The van der Waals surface area contributed by atoms with Crippen molar-refractivity contribution in [3.63, 3.8) is 0 Å². The van der Waals surface area contributed by atoms with Gasteiger partial charge in [0.1, 0.15) is 30.5 Å². The lowest BCUT2D eigenvalue weighted by Crippen LogP contribution is -2.28. The Labute approximate surface area is 354 Å². The van der Waals surface area contributed by atoms with E-state index >= 15 is 0 Å². The molecule has 0 aromatic heterocycles. The molecule has 2 N–H and O–H groups in total. The molecule has 2 rings (SSSR count). The number of hydrogen-bond donors (Lipinski definition) is 2. The van der Waals surface area contributed by atoms with E-state index in [0.717, 1.165) is 31.2 Å². The summed E-state index contributed by atoms with van der Waals surface area (Å²) in [6, 6.07) is 10.2. The van der Waals surface area contributed by atoms with Gasteiger partial charge in [0.15, 0.2) is 0 Å². The smallest absolute Gasteiger partial charge is 0.407 e. The fraction of sp³-hybridized carbons (Fsp3) is 0.711. The number of nitrogens with zero attached hydrogens (tertiary/aromatic N) is 1. The van der Waals surface area contributed by atoms with E-state index in [1.165, 1.54) is 121 Å². The van der Waals surface area contributed by atoms with E-state index in [2.05, 4.69) is 19.2 Å². The number of carbonyl (C=O) groups excluding carboxylic acids is 1. The van der Waals surface area contributed by atoms with Crippen molar-refractivity contribution in [2.75, 3.05) is 45.7 Å². The van der Waals surface area contributed by atoms with Crippen LogP contribution in [0.3, 0.4) is 0 Å². The fourth-order valence-electron chi connectivity index (χ4n) is 6.52. The van der Waals surface area contributed by atoms with Gasteiger partial charge in [0.25, 0.3) is 5.69 Å². The number of rotatable bonds is 38. The van der Waals surface area contributed by atoms with Crippen LogP contribution in [0.4, 0.5) is 10.5 Å². The highest BCUT2D eigenvalue weighted by molar-refractivity contribution is 7.52. The largest absolute Gasteiger partial charge is 0.493 e. The van der Waals surface area contributed by atoms with Gasteiger partial charge in [0, 0.05) is 18.7 Å². The van der Waals surface area contributed by atoms with Gasteiger partial charge in [-0.25, -0.2) is 4.79 Å². The minimum Gasteiger partial charge on any atom is -0.493 e. The van der Waals surface area contributed by atoms with Crippen molar-refractivity contribution in [2.45, 2.75) is 162 Å². The molecule has 13 nitrogen and oxygen atoms in total. The average Bonchev–Trinajstić information content (AvgIpc) is 3.21. The Balaban J connectivity index is 1.92. The molecule has 0 fully saturated rings. The van der Waals surface area contributed by atoms with Crippen LogP contribution in [0.15, 0.2) is 36.4 Å². The van der Waals surface area contributed by atoms with Gasteiger partial charge in [0.05, 0.1) is 49.7 Å². The Bertz CT molecular complexity index is 1420. The van der Waals surface area contributed by atoms with Crippen LogP contribution in [0.25, 0.3) is 0 Å². The average molecular weight is 851 g/mol. The van der Waals surface area contributed by atoms with Crippen molar-refractivity contribution < 1.29 is 47.4 Å². The first-order valence-electron chi connectivity index (χ1n) is 22.4. The molecule has 0 saturated carbocycles. The SMILES string of the molecule is CCCCCCCCCCCCOc1cc(COc2ccc([N+](=O)[O-])c(COC(=O)NCCOCCP(=O)(O)OCC)c2)cc(OCCCCCCCCCCCC)c1. The van der Waals surface area contributed by atoms with E-state index in [1.54, 1.807) is 6.92 Å². The highest BCUT2D eigenvalue weighted by Gasteiger charge is 2.19. The summed E-state index contributed by atoms with van der Waals surface area (Å²) in [5.41, 5.74) is 0.796. The summed E-state index contributed by atoms with van der Waals surface area (Å²) in [7, 11) is -3.69. The highest BCUT2D eigenvalue weighted by atomic mass is 31.2. The van der Waals surface area contributed by atoms with Crippen molar-refractivity contribution in [3.8, 4) is 17.2 Å². The first-order valence-corrected chi connectivity index (χ1v) is 24.2. The molecule has 0 radical (unpaired) electrons. The van der Waals surface area contributed by atoms with E-state index in [1.807, 2.05) is 18.2 Å². The van der Waals surface area contributed by atoms with Crippen LogP contribution in [-0.4, -0.2) is 61.7 Å². The molecule has 336 valence electrons. The lowest BCUT2D eigenvalue weighted by atomic mass is 10.1. The molecule has 1 atom stereocenters. The Kier molecular flexibility index (Phi) is 29.3. The van der Waals surface area contributed by atoms with Gasteiger partial charge in [-0.3, -0.25) is 14.7 Å².